The van der Waals surface area contributed by atoms with E-state index in [1.165, 1.54) is 58.3 Å². The van der Waals surface area contributed by atoms with Crippen LogP contribution in [0, 0.1) is 10.8 Å². The lowest BCUT2D eigenvalue weighted by Gasteiger charge is -2.33. The minimum Gasteiger partial charge on any atom is -0.0696 e. The number of hydrogen-bond donors (Lipinski definition) is 0. The molecule has 2 aliphatic rings. The van der Waals surface area contributed by atoms with Gasteiger partial charge in [-0.25, -0.2) is 0 Å². The Morgan fingerprint density at radius 2 is 0.975 bits per heavy atom. The third kappa shape index (κ3) is 11.3. The van der Waals surface area contributed by atoms with E-state index in [0.717, 1.165) is 12.8 Å². The summed E-state index contributed by atoms with van der Waals surface area (Å²) in [6, 6.07) is 0. The molecule has 0 heteroatoms. The van der Waals surface area contributed by atoms with Crippen LogP contribution >= 0.6 is 0 Å². The summed E-state index contributed by atoms with van der Waals surface area (Å²) in [5.41, 5.74) is 11.1. The molecular formula is C40H56. The fourth-order valence-electron chi connectivity index (χ4n) is 5.60. The highest BCUT2D eigenvalue weighted by Gasteiger charge is 2.27. The van der Waals surface area contributed by atoms with Crippen LogP contribution in [0.2, 0.25) is 0 Å². The molecule has 0 saturated heterocycles. The second kappa shape index (κ2) is 15.8. The standard InChI is InChI=1S/C40H56/c1-31(19-13-21-33(3)25-27-37-35(5)23-15-29-39(37,7)8)17-11-12-18-32(2)20-14-22-34(4)26-28-38-36(6)24-16-30-40(38,9)10/h11-14,17-22,25-28H,15-16,23-24,29-30H2,1-10H3/b12-11+,19-13+,20-14+,27-25+,28-26+,31-17+,32-18+,33-21+,34-22+/i15D. The van der Waals surface area contributed by atoms with Crippen molar-refractivity contribution >= 4 is 0 Å². The molecule has 0 aromatic rings. The summed E-state index contributed by atoms with van der Waals surface area (Å²) in [4.78, 5) is 0. The molecule has 1 atom stereocenters. The second-order valence-electron chi connectivity index (χ2n) is 13.1. The van der Waals surface area contributed by atoms with E-state index >= 15 is 0 Å². The number of allylic oxidation sites excluding steroid dienone is 22. The molecule has 2 aliphatic carbocycles. The maximum atomic E-state index is 8.17. The molecule has 0 bridgehead atoms. The Hall–Kier alpha value is -2.86. The Morgan fingerprint density at radius 1 is 0.575 bits per heavy atom. The van der Waals surface area contributed by atoms with Crippen molar-refractivity contribution in [1.29, 1.82) is 0 Å². The fraction of sp³-hybridized carbons (Fsp3) is 0.450. The Bertz CT molecular complexity index is 1250. The zero-order chi connectivity index (χ0) is 30.6. The van der Waals surface area contributed by atoms with Gasteiger partial charge in [0.2, 0.25) is 0 Å². The summed E-state index contributed by atoms with van der Waals surface area (Å²) in [6.45, 7) is 22.3. The summed E-state index contributed by atoms with van der Waals surface area (Å²) >= 11 is 0. The first kappa shape index (κ1) is 31.7. The minimum absolute atomic E-state index is 0.0296. The first-order valence-electron chi connectivity index (χ1n) is 15.7. The van der Waals surface area contributed by atoms with Gasteiger partial charge in [-0.15, -0.1) is 0 Å². The lowest BCUT2D eigenvalue weighted by molar-refractivity contribution is 0.376. The highest BCUT2D eigenvalue weighted by atomic mass is 14.3. The molecule has 216 valence electrons. The van der Waals surface area contributed by atoms with Crippen LogP contribution in [0.1, 0.15) is 109 Å². The maximum absolute atomic E-state index is 8.17. The summed E-state index contributed by atoms with van der Waals surface area (Å²) in [5.74, 6) is 0. The first-order chi connectivity index (χ1) is 19.2. The van der Waals surface area contributed by atoms with E-state index in [4.69, 9.17) is 1.37 Å². The van der Waals surface area contributed by atoms with E-state index in [9.17, 15) is 0 Å². The Labute approximate surface area is 249 Å². The molecule has 0 aromatic carbocycles. The van der Waals surface area contributed by atoms with Crippen molar-refractivity contribution in [3.8, 4) is 0 Å². The molecule has 0 saturated carbocycles. The summed E-state index contributed by atoms with van der Waals surface area (Å²) in [5, 5.41) is 0. The van der Waals surface area contributed by atoms with Crippen molar-refractivity contribution < 1.29 is 1.37 Å². The topological polar surface area (TPSA) is 0 Å². The summed E-state index contributed by atoms with van der Waals surface area (Å²) in [7, 11) is 0. The molecule has 0 amide bonds. The lowest BCUT2D eigenvalue weighted by Crippen LogP contribution is -2.19. The van der Waals surface area contributed by atoms with Crippen molar-refractivity contribution in [2.45, 2.75) is 108 Å². The highest BCUT2D eigenvalue weighted by Crippen LogP contribution is 2.41. The Morgan fingerprint density at radius 3 is 1.43 bits per heavy atom. The average Bonchev–Trinajstić information content (AvgIpc) is 2.84. The van der Waals surface area contributed by atoms with Crippen LogP contribution in [0.5, 0.6) is 0 Å². The van der Waals surface area contributed by atoms with Crippen LogP contribution in [-0.4, -0.2) is 0 Å². The predicted octanol–water partition coefficient (Wildman–Crippen LogP) is 12.6. The minimum atomic E-state index is 0.0296. The van der Waals surface area contributed by atoms with Crippen LogP contribution in [0.3, 0.4) is 0 Å². The number of hydrogen-bond acceptors (Lipinski definition) is 0. The van der Waals surface area contributed by atoms with Crippen molar-refractivity contribution in [3.63, 3.8) is 0 Å². The van der Waals surface area contributed by atoms with Gasteiger partial charge in [0.05, 0.1) is 0 Å². The third-order valence-corrected chi connectivity index (χ3v) is 8.13. The van der Waals surface area contributed by atoms with E-state index in [0.29, 0.717) is 0 Å². The lowest BCUT2D eigenvalue weighted by atomic mass is 9.72. The second-order valence-corrected chi connectivity index (χ2v) is 13.1. The smallest absolute Gasteiger partial charge is 0.0270 e. The van der Waals surface area contributed by atoms with Gasteiger partial charge >= 0.3 is 0 Å². The van der Waals surface area contributed by atoms with E-state index < -0.39 is 0 Å². The van der Waals surface area contributed by atoms with Gasteiger partial charge in [0.15, 0.2) is 0 Å². The average molecular weight is 538 g/mol. The van der Waals surface area contributed by atoms with Gasteiger partial charge in [-0.05, 0) is 102 Å². The fourth-order valence-corrected chi connectivity index (χ4v) is 5.60. The van der Waals surface area contributed by atoms with Crippen molar-refractivity contribution in [2.75, 3.05) is 0 Å². The monoisotopic (exact) mass is 537 g/mol. The molecular weight excluding hydrogens is 480 g/mol. The molecule has 0 spiro atoms. The highest BCUT2D eigenvalue weighted by molar-refractivity contribution is 5.39. The van der Waals surface area contributed by atoms with Crippen LogP contribution in [0.4, 0.5) is 0 Å². The normalized spacial score (nSPS) is 24.1. The van der Waals surface area contributed by atoms with Crippen molar-refractivity contribution in [2.24, 2.45) is 10.8 Å². The zero-order valence-electron chi connectivity index (χ0n) is 28.2. The molecule has 0 heterocycles. The maximum Gasteiger partial charge on any atom is 0.0270 e. The van der Waals surface area contributed by atoms with Crippen LogP contribution in [-0.2, 0) is 0 Å². The Kier molecular flexibility index (Phi) is 12.5. The number of rotatable bonds is 10. The molecule has 0 aromatic heterocycles. The van der Waals surface area contributed by atoms with E-state index in [1.807, 2.05) is 0 Å². The van der Waals surface area contributed by atoms with Crippen molar-refractivity contribution in [1.82, 2.24) is 0 Å². The van der Waals surface area contributed by atoms with Gasteiger partial charge in [0.25, 0.3) is 0 Å². The van der Waals surface area contributed by atoms with Gasteiger partial charge in [-0.2, -0.15) is 0 Å². The van der Waals surface area contributed by atoms with Gasteiger partial charge < -0.3 is 0 Å². The molecule has 0 N–H and O–H groups in total. The molecule has 0 aliphatic heterocycles. The quantitative estimate of drug-likeness (QED) is 0.243. The third-order valence-electron chi connectivity index (χ3n) is 8.13. The van der Waals surface area contributed by atoms with Gasteiger partial charge in [-0.1, -0.05) is 146 Å². The predicted molar refractivity (Wildman–Crippen MR) is 181 cm³/mol. The molecule has 0 fully saturated rings. The van der Waals surface area contributed by atoms with E-state index in [1.54, 1.807) is 5.57 Å². The molecule has 0 radical (unpaired) electrons. The molecule has 1 unspecified atom stereocenters. The van der Waals surface area contributed by atoms with Gasteiger partial charge in [0, 0.05) is 1.37 Å². The zero-order valence-corrected chi connectivity index (χ0v) is 27.2. The molecule has 40 heavy (non-hydrogen) atoms. The Balaban J connectivity index is 1.90. The molecule has 0 nitrogen and oxygen atoms in total. The first-order valence-corrected chi connectivity index (χ1v) is 15.1. The van der Waals surface area contributed by atoms with Gasteiger partial charge in [-0.3, -0.25) is 0 Å². The molecule has 2 rings (SSSR count). The van der Waals surface area contributed by atoms with Crippen LogP contribution in [0.15, 0.2) is 130 Å². The SMILES string of the molecule is [2H]C1CC(C)=C(/C=C/C(C)=C/C=C/C(C)=C/C=C/C=C(C)/C=C/C=C(C)/C=C/C2=C(C)CCCC2(C)C)C(C)(C)C1. The van der Waals surface area contributed by atoms with Crippen molar-refractivity contribution in [3.05, 3.63) is 130 Å². The largest absolute Gasteiger partial charge is 0.0696 e. The van der Waals surface area contributed by atoms with Crippen LogP contribution < -0.4 is 0 Å². The van der Waals surface area contributed by atoms with Crippen LogP contribution in [0.25, 0.3) is 0 Å². The summed E-state index contributed by atoms with van der Waals surface area (Å²) in [6.07, 6.45) is 36.1. The summed E-state index contributed by atoms with van der Waals surface area (Å²) < 4.78 is 8.17. The van der Waals surface area contributed by atoms with Gasteiger partial charge in [0.1, 0.15) is 0 Å². The van der Waals surface area contributed by atoms with E-state index in [2.05, 4.69) is 154 Å². The van der Waals surface area contributed by atoms with E-state index in [-0.39, 0.29) is 17.2 Å².